The molecule has 3 fully saturated rings. The van der Waals surface area contributed by atoms with Crippen LogP contribution in [0.25, 0.3) is 0 Å². The highest BCUT2D eigenvalue weighted by Gasteiger charge is 2.43. The molecule has 0 aromatic rings. The number of thioether (sulfide) groups is 1. The Labute approximate surface area is 116 Å². The van der Waals surface area contributed by atoms with Crippen LogP contribution in [0.3, 0.4) is 0 Å². The lowest BCUT2D eigenvalue weighted by molar-refractivity contribution is 0.0528. The van der Waals surface area contributed by atoms with Crippen molar-refractivity contribution in [3.05, 3.63) is 0 Å². The minimum absolute atomic E-state index is 0.490. The molecule has 3 atom stereocenters. The standard InChI is InChI=1S/C15H28N2S/c1-12-10-16-15(7-3-4-8-15)11-17(12)13-5-6-14(9-13)18-2/h12-14,16H,3-11H2,1-2H3. The lowest BCUT2D eigenvalue weighted by Gasteiger charge is -2.48. The second-order valence-corrected chi connectivity index (χ2v) is 7.85. The van der Waals surface area contributed by atoms with Crippen LogP contribution in [0, 0.1) is 0 Å². The number of nitrogens with zero attached hydrogens (tertiary/aromatic N) is 1. The molecule has 3 rings (SSSR count). The van der Waals surface area contributed by atoms with E-state index in [1.54, 1.807) is 0 Å². The SMILES string of the molecule is CSC1CCC(N2CC3(CCCC3)NCC2C)C1. The molecule has 2 aliphatic carbocycles. The Morgan fingerprint density at radius 3 is 2.67 bits per heavy atom. The Hall–Kier alpha value is 0.270. The third-order valence-corrected chi connectivity index (χ3v) is 6.64. The van der Waals surface area contributed by atoms with E-state index in [1.807, 2.05) is 0 Å². The first kappa shape index (κ1) is 13.3. The predicted molar refractivity (Wildman–Crippen MR) is 80.3 cm³/mol. The van der Waals surface area contributed by atoms with Gasteiger partial charge in [0.25, 0.3) is 0 Å². The van der Waals surface area contributed by atoms with Crippen molar-refractivity contribution < 1.29 is 0 Å². The average molecular weight is 268 g/mol. The Morgan fingerprint density at radius 1 is 1.22 bits per heavy atom. The molecule has 0 aromatic heterocycles. The summed E-state index contributed by atoms with van der Waals surface area (Å²) in [4.78, 5) is 2.86. The van der Waals surface area contributed by atoms with Gasteiger partial charge in [-0.2, -0.15) is 11.8 Å². The second-order valence-electron chi connectivity index (χ2n) is 6.71. The fourth-order valence-corrected chi connectivity index (χ4v) is 5.14. The van der Waals surface area contributed by atoms with Crippen LogP contribution in [-0.2, 0) is 0 Å². The van der Waals surface area contributed by atoms with Crippen LogP contribution in [0.4, 0.5) is 0 Å². The molecule has 104 valence electrons. The molecule has 0 aromatic carbocycles. The summed E-state index contributed by atoms with van der Waals surface area (Å²) >= 11 is 2.08. The Bertz CT molecular complexity index is 288. The largest absolute Gasteiger partial charge is 0.308 e. The zero-order chi connectivity index (χ0) is 12.6. The molecule has 0 bridgehead atoms. The lowest BCUT2D eigenvalue weighted by Crippen LogP contribution is -2.64. The summed E-state index contributed by atoms with van der Waals surface area (Å²) in [6, 6.07) is 1.61. The second kappa shape index (κ2) is 5.34. The van der Waals surface area contributed by atoms with Crippen molar-refractivity contribution in [1.82, 2.24) is 10.2 Å². The van der Waals surface area contributed by atoms with Crippen molar-refractivity contribution in [2.75, 3.05) is 19.3 Å². The molecule has 1 saturated heterocycles. The molecule has 2 saturated carbocycles. The van der Waals surface area contributed by atoms with E-state index in [2.05, 4.69) is 35.2 Å². The number of nitrogens with one attached hydrogen (secondary N) is 1. The third kappa shape index (κ3) is 2.46. The highest BCUT2D eigenvalue weighted by molar-refractivity contribution is 7.99. The van der Waals surface area contributed by atoms with Crippen molar-refractivity contribution in [2.45, 2.75) is 74.7 Å². The number of hydrogen-bond donors (Lipinski definition) is 1. The molecule has 0 amide bonds. The maximum atomic E-state index is 3.88. The van der Waals surface area contributed by atoms with Crippen molar-refractivity contribution in [2.24, 2.45) is 0 Å². The molecule has 3 unspecified atom stereocenters. The number of hydrogen-bond acceptors (Lipinski definition) is 3. The Balaban J connectivity index is 1.66. The minimum atomic E-state index is 0.490. The van der Waals surface area contributed by atoms with Crippen molar-refractivity contribution in [1.29, 1.82) is 0 Å². The topological polar surface area (TPSA) is 15.3 Å². The fraction of sp³-hybridized carbons (Fsp3) is 1.00. The fourth-order valence-electron chi connectivity index (χ4n) is 4.35. The molecule has 3 heteroatoms. The van der Waals surface area contributed by atoms with Gasteiger partial charge in [0.2, 0.25) is 0 Å². The van der Waals surface area contributed by atoms with Gasteiger partial charge >= 0.3 is 0 Å². The molecule has 1 spiro atoms. The lowest BCUT2D eigenvalue weighted by atomic mass is 9.91. The molecular formula is C15H28N2S. The molecular weight excluding hydrogens is 240 g/mol. The van der Waals surface area contributed by atoms with E-state index in [0.29, 0.717) is 5.54 Å². The normalized spacial score (nSPS) is 40.7. The quantitative estimate of drug-likeness (QED) is 0.829. The van der Waals surface area contributed by atoms with E-state index in [-0.39, 0.29) is 0 Å². The summed E-state index contributed by atoms with van der Waals surface area (Å²) < 4.78 is 0. The van der Waals surface area contributed by atoms with Crippen LogP contribution in [0.15, 0.2) is 0 Å². The van der Waals surface area contributed by atoms with Crippen LogP contribution in [0.2, 0.25) is 0 Å². The summed E-state index contributed by atoms with van der Waals surface area (Å²) in [6.45, 7) is 4.95. The molecule has 18 heavy (non-hydrogen) atoms. The van der Waals surface area contributed by atoms with Gasteiger partial charge in [-0.25, -0.2) is 0 Å². The van der Waals surface area contributed by atoms with Crippen LogP contribution < -0.4 is 5.32 Å². The highest BCUT2D eigenvalue weighted by Crippen LogP contribution is 2.38. The van der Waals surface area contributed by atoms with Crippen LogP contribution in [0.5, 0.6) is 0 Å². The van der Waals surface area contributed by atoms with Gasteiger partial charge in [-0.15, -0.1) is 0 Å². The van der Waals surface area contributed by atoms with Gasteiger partial charge in [0.1, 0.15) is 0 Å². The highest BCUT2D eigenvalue weighted by atomic mass is 32.2. The predicted octanol–water partition coefficient (Wildman–Crippen LogP) is 2.88. The van der Waals surface area contributed by atoms with E-state index in [1.165, 1.54) is 58.0 Å². The number of rotatable bonds is 2. The first-order chi connectivity index (χ1) is 8.72. The van der Waals surface area contributed by atoms with Crippen molar-refractivity contribution in [3.8, 4) is 0 Å². The first-order valence-electron chi connectivity index (χ1n) is 7.76. The van der Waals surface area contributed by atoms with Gasteiger partial charge in [-0.3, -0.25) is 4.90 Å². The molecule has 1 heterocycles. The number of piperazine rings is 1. The zero-order valence-electron chi connectivity index (χ0n) is 12.0. The molecule has 1 N–H and O–H groups in total. The van der Waals surface area contributed by atoms with Crippen molar-refractivity contribution >= 4 is 11.8 Å². The zero-order valence-corrected chi connectivity index (χ0v) is 12.8. The van der Waals surface area contributed by atoms with Gasteiger partial charge < -0.3 is 5.32 Å². The maximum absolute atomic E-state index is 3.88. The van der Waals surface area contributed by atoms with E-state index in [9.17, 15) is 0 Å². The van der Waals surface area contributed by atoms with E-state index < -0.39 is 0 Å². The summed E-state index contributed by atoms with van der Waals surface area (Å²) in [5.74, 6) is 0. The summed E-state index contributed by atoms with van der Waals surface area (Å²) in [5, 5.41) is 4.80. The van der Waals surface area contributed by atoms with Crippen LogP contribution >= 0.6 is 11.8 Å². The van der Waals surface area contributed by atoms with Crippen molar-refractivity contribution in [3.63, 3.8) is 0 Å². The van der Waals surface area contributed by atoms with Gasteiger partial charge in [-0.05, 0) is 45.3 Å². The average Bonchev–Trinajstić information content (AvgIpc) is 3.02. The third-order valence-electron chi connectivity index (χ3n) is 5.54. The Kier molecular flexibility index (Phi) is 3.93. The van der Waals surface area contributed by atoms with E-state index >= 15 is 0 Å². The molecule has 0 radical (unpaired) electrons. The van der Waals surface area contributed by atoms with Gasteiger partial charge in [0.05, 0.1) is 0 Å². The molecule has 2 nitrogen and oxygen atoms in total. The van der Waals surface area contributed by atoms with Crippen LogP contribution in [0.1, 0.15) is 51.9 Å². The maximum Gasteiger partial charge on any atom is 0.0309 e. The monoisotopic (exact) mass is 268 g/mol. The first-order valence-corrected chi connectivity index (χ1v) is 9.05. The Morgan fingerprint density at radius 2 is 2.00 bits per heavy atom. The van der Waals surface area contributed by atoms with Gasteiger partial charge in [0.15, 0.2) is 0 Å². The van der Waals surface area contributed by atoms with Gasteiger partial charge in [-0.1, -0.05) is 12.8 Å². The van der Waals surface area contributed by atoms with E-state index in [0.717, 1.165) is 17.3 Å². The summed E-state index contributed by atoms with van der Waals surface area (Å²) in [5.41, 5.74) is 0.490. The van der Waals surface area contributed by atoms with Crippen LogP contribution in [-0.4, -0.2) is 47.1 Å². The summed E-state index contributed by atoms with van der Waals surface area (Å²) in [6.07, 6.45) is 12.3. The smallest absolute Gasteiger partial charge is 0.0309 e. The molecule has 3 aliphatic rings. The molecule has 1 aliphatic heterocycles. The minimum Gasteiger partial charge on any atom is -0.308 e. The van der Waals surface area contributed by atoms with Gasteiger partial charge in [0, 0.05) is 36.0 Å². The summed E-state index contributed by atoms with van der Waals surface area (Å²) in [7, 11) is 0. The van der Waals surface area contributed by atoms with E-state index in [4.69, 9.17) is 0 Å².